The molecule has 2 aromatic carbocycles. The number of rotatable bonds is 6. The zero-order valence-corrected chi connectivity index (χ0v) is 22.0. The molecular formula is C23H26ClN3O3S3. The summed E-state index contributed by atoms with van der Waals surface area (Å²) in [7, 11) is -3.81. The average molecular weight is 524 g/mol. The van der Waals surface area contributed by atoms with Crippen LogP contribution in [-0.4, -0.2) is 47.8 Å². The number of aryl methyl sites for hydroxylation is 3. The van der Waals surface area contributed by atoms with Crippen LogP contribution in [0.2, 0.25) is 5.02 Å². The van der Waals surface area contributed by atoms with Gasteiger partial charge in [-0.15, -0.1) is 0 Å². The number of carbonyl (C=O) groups excluding carboxylic acids is 1. The summed E-state index contributed by atoms with van der Waals surface area (Å²) in [5.74, 6) is 0.476. The molecular weight excluding hydrogens is 498 g/mol. The molecule has 6 nitrogen and oxygen atoms in total. The van der Waals surface area contributed by atoms with Crippen LogP contribution >= 0.6 is 34.7 Å². The first-order valence-electron chi connectivity index (χ1n) is 10.7. The van der Waals surface area contributed by atoms with Crippen molar-refractivity contribution in [3.8, 4) is 0 Å². The number of thiazole rings is 1. The highest BCUT2D eigenvalue weighted by atomic mass is 35.5. The second-order valence-electron chi connectivity index (χ2n) is 8.11. The summed E-state index contributed by atoms with van der Waals surface area (Å²) in [5, 5.41) is 0.461. The lowest BCUT2D eigenvalue weighted by Crippen LogP contribution is -2.40. The van der Waals surface area contributed by atoms with Crippen molar-refractivity contribution in [2.75, 3.05) is 18.6 Å². The van der Waals surface area contributed by atoms with Gasteiger partial charge in [0.25, 0.3) is 5.91 Å². The fourth-order valence-electron chi connectivity index (χ4n) is 3.99. The number of sulfonamides is 1. The lowest BCUT2D eigenvalue weighted by atomic mass is 10.1. The minimum atomic E-state index is -3.81. The number of hydrogen-bond donors (Lipinski definition) is 0. The zero-order valence-electron chi connectivity index (χ0n) is 18.7. The Morgan fingerprint density at radius 1 is 1.21 bits per heavy atom. The minimum Gasteiger partial charge on any atom is -0.316 e. The van der Waals surface area contributed by atoms with Crippen LogP contribution in [0.5, 0.6) is 0 Å². The highest BCUT2D eigenvalue weighted by Gasteiger charge is 2.39. The number of benzene rings is 2. The van der Waals surface area contributed by atoms with E-state index in [1.165, 1.54) is 38.9 Å². The van der Waals surface area contributed by atoms with Crippen LogP contribution in [0, 0.1) is 13.8 Å². The smallest absolute Gasteiger partial charge is 0.266 e. The van der Waals surface area contributed by atoms with Crippen molar-refractivity contribution in [3.05, 3.63) is 57.3 Å². The van der Waals surface area contributed by atoms with E-state index in [-0.39, 0.29) is 4.90 Å². The molecule has 0 N–H and O–H groups in total. The second-order valence-corrected chi connectivity index (χ2v) is 12.4. The highest BCUT2D eigenvalue weighted by molar-refractivity contribution is 7.98. The summed E-state index contributed by atoms with van der Waals surface area (Å²) in [6, 6.07) is 9.50. The molecule has 1 fully saturated rings. The van der Waals surface area contributed by atoms with Crippen LogP contribution in [0.3, 0.4) is 0 Å². The fraction of sp³-hybridized carbons (Fsp3) is 0.391. The molecule has 10 heteroatoms. The van der Waals surface area contributed by atoms with Crippen molar-refractivity contribution >= 4 is 60.8 Å². The summed E-state index contributed by atoms with van der Waals surface area (Å²) in [5.41, 5.74) is 3.43. The molecule has 0 spiro atoms. The predicted octanol–water partition coefficient (Wildman–Crippen LogP) is 4.62. The Hall–Kier alpha value is -1.65. The lowest BCUT2D eigenvalue weighted by molar-refractivity contribution is -0.121. The standard InChI is InChI=1S/C23H26ClN3O3S3/c1-15-13-20-21(14-16(15)2)32-23(26(20)11-12-31-3)25-22(28)19-5-4-10-27(19)33(29,30)18-8-6-17(24)7-9-18/h6-9,13-14,19H,4-5,10-12H2,1-3H3. The molecule has 4 rings (SSSR count). The lowest BCUT2D eigenvalue weighted by Gasteiger charge is -2.21. The van der Waals surface area contributed by atoms with E-state index in [0.29, 0.717) is 29.2 Å². The Balaban J connectivity index is 1.73. The molecule has 0 radical (unpaired) electrons. The number of amides is 1. The SMILES string of the molecule is CSCCn1c(=NC(=O)C2CCCN2S(=O)(=O)c2ccc(Cl)cc2)sc2cc(C)c(C)cc21. The van der Waals surface area contributed by atoms with E-state index >= 15 is 0 Å². The van der Waals surface area contributed by atoms with E-state index in [1.807, 2.05) is 6.26 Å². The molecule has 0 saturated carbocycles. The molecule has 1 aromatic heterocycles. The first-order valence-corrected chi connectivity index (χ1v) is 14.7. The Bertz CT molecular complexity index is 1360. The van der Waals surface area contributed by atoms with Gasteiger partial charge < -0.3 is 4.57 Å². The normalized spacial score (nSPS) is 17.8. The van der Waals surface area contributed by atoms with Gasteiger partial charge in [0.15, 0.2) is 4.80 Å². The van der Waals surface area contributed by atoms with Crippen molar-refractivity contribution in [2.24, 2.45) is 4.99 Å². The summed E-state index contributed by atoms with van der Waals surface area (Å²) in [6.07, 6.45) is 3.13. The number of halogens is 1. The Kier molecular flexibility index (Phi) is 7.35. The number of nitrogens with zero attached hydrogens (tertiary/aromatic N) is 3. The van der Waals surface area contributed by atoms with E-state index < -0.39 is 22.0 Å². The number of aromatic nitrogens is 1. The maximum absolute atomic E-state index is 13.3. The van der Waals surface area contributed by atoms with Crippen LogP contribution < -0.4 is 4.80 Å². The van der Waals surface area contributed by atoms with Crippen molar-refractivity contribution in [1.82, 2.24) is 8.87 Å². The van der Waals surface area contributed by atoms with E-state index in [9.17, 15) is 13.2 Å². The Labute approximate surface area is 207 Å². The van der Waals surface area contributed by atoms with Crippen LogP contribution in [0.15, 0.2) is 46.3 Å². The van der Waals surface area contributed by atoms with Gasteiger partial charge in [-0.1, -0.05) is 22.9 Å². The van der Waals surface area contributed by atoms with Gasteiger partial charge in [0.2, 0.25) is 10.0 Å². The van der Waals surface area contributed by atoms with Crippen molar-refractivity contribution < 1.29 is 13.2 Å². The number of carbonyl (C=O) groups is 1. The number of fused-ring (bicyclic) bond motifs is 1. The number of hydrogen-bond acceptors (Lipinski definition) is 5. The topological polar surface area (TPSA) is 71.7 Å². The summed E-state index contributed by atoms with van der Waals surface area (Å²) in [6.45, 7) is 5.17. The van der Waals surface area contributed by atoms with Gasteiger partial charge in [-0.2, -0.15) is 21.1 Å². The van der Waals surface area contributed by atoms with Crippen molar-refractivity contribution in [2.45, 2.75) is 44.2 Å². The van der Waals surface area contributed by atoms with Crippen LogP contribution in [0.25, 0.3) is 10.2 Å². The van der Waals surface area contributed by atoms with Gasteiger partial charge in [0, 0.05) is 23.9 Å². The molecule has 33 heavy (non-hydrogen) atoms. The zero-order chi connectivity index (χ0) is 23.8. The van der Waals surface area contributed by atoms with Crippen LogP contribution in [0.4, 0.5) is 0 Å². The molecule has 1 amide bonds. The molecule has 1 saturated heterocycles. The molecule has 1 unspecified atom stereocenters. The van der Waals surface area contributed by atoms with Gasteiger partial charge in [-0.3, -0.25) is 4.79 Å². The van der Waals surface area contributed by atoms with Gasteiger partial charge in [0.1, 0.15) is 6.04 Å². The molecule has 1 aliphatic heterocycles. The van der Waals surface area contributed by atoms with E-state index in [0.717, 1.165) is 22.5 Å². The first-order chi connectivity index (χ1) is 15.7. The summed E-state index contributed by atoms with van der Waals surface area (Å²) >= 11 is 9.12. The third-order valence-electron chi connectivity index (χ3n) is 5.93. The monoisotopic (exact) mass is 523 g/mol. The summed E-state index contributed by atoms with van der Waals surface area (Å²) in [4.78, 5) is 18.5. The Morgan fingerprint density at radius 3 is 2.61 bits per heavy atom. The molecule has 3 aromatic rings. The Morgan fingerprint density at radius 2 is 1.91 bits per heavy atom. The molecule has 2 heterocycles. The van der Waals surface area contributed by atoms with Crippen molar-refractivity contribution in [3.63, 3.8) is 0 Å². The maximum Gasteiger partial charge on any atom is 0.266 e. The quantitative estimate of drug-likeness (QED) is 0.472. The second kappa shape index (κ2) is 9.92. The highest BCUT2D eigenvalue weighted by Crippen LogP contribution is 2.28. The van der Waals surface area contributed by atoms with E-state index in [2.05, 4.69) is 35.5 Å². The molecule has 1 atom stereocenters. The fourth-order valence-corrected chi connectivity index (χ4v) is 7.27. The molecule has 0 bridgehead atoms. The third-order valence-corrected chi connectivity index (χ3v) is 9.74. The molecule has 0 aliphatic carbocycles. The maximum atomic E-state index is 13.3. The predicted molar refractivity (Wildman–Crippen MR) is 137 cm³/mol. The third kappa shape index (κ3) is 4.93. The molecule has 1 aliphatic rings. The van der Waals surface area contributed by atoms with E-state index in [4.69, 9.17) is 11.6 Å². The van der Waals surface area contributed by atoms with Gasteiger partial charge in [0.05, 0.1) is 15.1 Å². The van der Waals surface area contributed by atoms with Crippen LogP contribution in [0.1, 0.15) is 24.0 Å². The number of thioether (sulfide) groups is 1. The molecule has 176 valence electrons. The average Bonchev–Trinajstić information content (AvgIpc) is 3.39. The summed E-state index contributed by atoms with van der Waals surface area (Å²) < 4.78 is 30.9. The van der Waals surface area contributed by atoms with E-state index in [1.54, 1.807) is 23.9 Å². The van der Waals surface area contributed by atoms with Crippen LogP contribution in [-0.2, 0) is 21.4 Å². The van der Waals surface area contributed by atoms with Gasteiger partial charge in [-0.05, 0) is 80.5 Å². The first kappa shape index (κ1) is 24.5. The van der Waals surface area contributed by atoms with Gasteiger partial charge in [-0.25, -0.2) is 8.42 Å². The van der Waals surface area contributed by atoms with Crippen molar-refractivity contribution in [1.29, 1.82) is 0 Å². The van der Waals surface area contributed by atoms with Gasteiger partial charge >= 0.3 is 0 Å². The minimum absolute atomic E-state index is 0.134. The largest absolute Gasteiger partial charge is 0.316 e.